The van der Waals surface area contributed by atoms with Gasteiger partial charge in [-0.3, -0.25) is 0 Å². The summed E-state index contributed by atoms with van der Waals surface area (Å²) in [6.07, 6.45) is 6.68. The monoisotopic (exact) mass is 575 g/mol. The molecule has 0 heterocycles. The first kappa shape index (κ1) is 30.3. The minimum Gasteiger partial charge on any atom is -0.436 e. The van der Waals surface area contributed by atoms with Crippen LogP contribution in [0.1, 0.15) is 46.8 Å². The van der Waals surface area contributed by atoms with Gasteiger partial charge in [-0.1, -0.05) is 110 Å². The van der Waals surface area contributed by atoms with Crippen LogP contribution in [0, 0.1) is 31.1 Å². The molecule has 0 aliphatic carbocycles. The van der Waals surface area contributed by atoms with E-state index in [0.29, 0.717) is 29.5 Å². The van der Waals surface area contributed by atoms with Gasteiger partial charge in [-0.2, -0.15) is 4.31 Å². The third-order valence-electron chi connectivity index (χ3n) is 6.89. The van der Waals surface area contributed by atoms with Gasteiger partial charge in [0, 0.05) is 11.1 Å². The van der Waals surface area contributed by atoms with Crippen LogP contribution in [0.4, 0.5) is 0 Å². The Kier molecular flexibility index (Phi) is 9.99. The number of sulfonamides is 1. The summed E-state index contributed by atoms with van der Waals surface area (Å²) in [5, 5.41) is 0. The Hall–Kier alpha value is -4.62. The molecule has 0 bridgehead atoms. The zero-order valence-corrected chi connectivity index (χ0v) is 24.6. The Balaban J connectivity index is 2.01. The molecule has 0 aliphatic rings. The molecule has 0 N–H and O–H groups in total. The van der Waals surface area contributed by atoms with Crippen molar-refractivity contribution >= 4 is 16.0 Å². The Morgan fingerprint density at radius 2 is 1.45 bits per heavy atom. The number of benzene rings is 4. The van der Waals surface area contributed by atoms with Crippen LogP contribution in [0.15, 0.2) is 120 Å². The van der Waals surface area contributed by atoms with Crippen LogP contribution >= 0.6 is 0 Å². The summed E-state index contributed by atoms with van der Waals surface area (Å²) >= 11 is 0. The van der Waals surface area contributed by atoms with E-state index in [4.69, 9.17) is 11.2 Å². The normalized spacial score (nSPS) is 13.2. The average Bonchev–Trinajstić information content (AvgIpc) is 3.02. The first-order valence-corrected chi connectivity index (χ1v) is 15.2. The van der Waals surface area contributed by atoms with Gasteiger partial charge in [0.05, 0.1) is 23.0 Å². The lowest BCUT2D eigenvalue weighted by Crippen LogP contribution is -2.54. The van der Waals surface area contributed by atoms with Gasteiger partial charge in [-0.25, -0.2) is 13.2 Å². The Morgan fingerprint density at radius 3 is 2.02 bits per heavy atom. The molecule has 4 rings (SSSR count). The van der Waals surface area contributed by atoms with Crippen molar-refractivity contribution in [1.82, 2.24) is 4.31 Å². The first-order valence-electron chi connectivity index (χ1n) is 13.8. The molecule has 6 heteroatoms. The lowest BCUT2D eigenvalue weighted by atomic mass is 9.83. The molecule has 2 atom stereocenters. The second kappa shape index (κ2) is 13.8. The van der Waals surface area contributed by atoms with Gasteiger partial charge in [0.25, 0.3) is 0 Å². The van der Waals surface area contributed by atoms with E-state index < -0.39 is 27.6 Å². The number of nitrogens with zero attached hydrogens (tertiary/aromatic N) is 1. The SMILES string of the molecule is C#CCN([C@@H](CCC)[C@](C#Cc1ccccc1)(OC(=O)c1ccccc1)c1ccccc1)S(=O)(=O)c1ccc(C)cc1. The number of carbonyl (C=O) groups is 1. The highest BCUT2D eigenvalue weighted by atomic mass is 32.2. The smallest absolute Gasteiger partial charge is 0.339 e. The molecule has 0 aliphatic heterocycles. The van der Waals surface area contributed by atoms with Gasteiger partial charge in [0.1, 0.15) is 0 Å². The van der Waals surface area contributed by atoms with Gasteiger partial charge in [-0.05, 0) is 55.7 Å². The summed E-state index contributed by atoms with van der Waals surface area (Å²) < 4.78 is 36.3. The van der Waals surface area contributed by atoms with E-state index in [0.717, 1.165) is 5.56 Å². The van der Waals surface area contributed by atoms with Crippen LogP contribution in [0.2, 0.25) is 0 Å². The molecule has 0 aromatic heterocycles. The standard InChI is InChI=1S/C36H33NO4S/c1-4-15-34(37(28-5-2)42(39,40)33-24-22-29(3)23-25-33)36(32-20-13-8-14-21-32,27-26-30-16-9-6-10-17-30)41-35(38)31-18-11-7-12-19-31/h2,6-14,16-25,34H,4,15,28H2,1,3H3/t34-,36+/m0/s1. The van der Waals surface area contributed by atoms with E-state index in [1.807, 2.05) is 62.4 Å². The molecule has 0 spiro atoms. The first-order chi connectivity index (χ1) is 20.3. The molecule has 0 saturated heterocycles. The maximum atomic E-state index is 14.3. The molecule has 212 valence electrons. The highest BCUT2D eigenvalue weighted by Gasteiger charge is 2.49. The van der Waals surface area contributed by atoms with E-state index in [-0.39, 0.29) is 11.4 Å². The molecule has 42 heavy (non-hydrogen) atoms. The molecule has 0 amide bonds. The van der Waals surface area contributed by atoms with Crippen LogP contribution in [-0.4, -0.2) is 31.3 Å². The number of hydrogen-bond donors (Lipinski definition) is 0. The highest BCUT2D eigenvalue weighted by Crippen LogP contribution is 2.38. The molecule has 4 aromatic rings. The van der Waals surface area contributed by atoms with Crippen molar-refractivity contribution in [3.8, 4) is 24.2 Å². The van der Waals surface area contributed by atoms with Crippen molar-refractivity contribution in [2.45, 2.75) is 43.2 Å². The summed E-state index contributed by atoms with van der Waals surface area (Å²) in [7, 11) is -4.14. The number of rotatable bonds is 10. The lowest BCUT2D eigenvalue weighted by molar-refractivity contribution is -0.0251. The molecule has 4 aromatic carbocycles. The predicted molar refractivity (Wildman–Crippen MR) is 166 cm³/mol. The molecule has 5 nitrogen and oxygen atoms in total. The number of terminal acetylenes is 1. The fraction of sp³-hybridized carbons (Fsp3) is 0.194. The summed E-state index contributed by atoms with van der Waals surface area (Å²) in [6.45, 7) is 3.59. The zero-order valence-electron chi connectivity index (χ0n) is 23.7. The molecule has 0 saturated carbocycles. The summed E-state index contributed by atoms with van der Waals surface area (Å²) in [5.74, 6) is 8.34. The maximum Gasteiger partial charge on any atom is 0.339 e. The molecular weight excluding hydrogens is 542 g/mol. The van der Waals surface area contributed by atoms with E-state index in [2.05, 4.69) is 17.8 Å². The fourth-order valence-corrected chi connectivity index (χ4v) is 6.36. The third kappa shape index (κ3) is 6.81. The second-order valence-corrected chi connectivity index (χ2v) is 11.7. The highest BCUT2D eigenvalue weighted by molar-refractivity contribution is 7.89. The summed E-state index contributed by atoms with van der Waals surface area (Å²) in [5.41, 5.74) is 0.756. The topological polar surface area (TPSA) is 63.7 Å². The van der Waals surface area contributed by atoms with E-state index in [1.54, 1.807) is 66.7 Å². The maximum absolute atomic E-state index is 14.3. The van der Waals surface area contributed by atoms with Gasteiger partial charge in [0.15, 0.2) is 0 Å². The van der Waals surface area contributed by atoms with E-state index >= 15 is 0 Å². The van der Waals surface area contributed by atoms with Crippen LogP contribution in [-0.2, 0) is 20.4 Å². The predicted octanol–water partition coefficient (Wildman–Crippen LogP) is 6.59. The van der Waals surface area contributed by atoms with Crippen LogP contribution in [0.5, 0.6) is 0 Å². The number of esters is 1. The van der Waals surface area contributed by atoms with Crippen molar-refractivity contribution in [3.05, 3.63) is 138 Å². The van der Waals surface area contributed by atoms with Gasteiger partial charge in [-0.15, -0.1) is 6.42 Å². The van der Waals surface area contributed by atoms with Crippen molar-refractivity contribution in [1.29, 1.82) is 0 Å². The second-order valence-electron chi connectivity index (χ2n) is 9.85. The lowest BCUT2D eigenvalue weighted by Gasteiger charge is -2.41. The summed E-state index contributed by atoms with van der Waals surface area (Å²) in [4.78, 5) is 13.9. The van der Waals surface area contributed by atoms with Crippen LogP contribution < -0.4 is 0 Å². The molecule has 0 fully saturated rings. The number of hydrogen-bond acceptors (Lipinski definition) is 4. The Bertz CT molecular complexity index is 1690. The minimum atomic E-state index is -4.14. The average molecular weight is 576 g/mol. The van der Waals surface area contributed by atoms with Crippen LogP contribution in [0.25, 0.3) is 0 Å². The van der Waals surface area contributed by atoms with Gasteiger partial charge < -0.3 is 4.74 Å². The molecule has 0 unspecified atom stereocenters. The van der Waals surface area contributed by atoms with Crippen molar-refractivity contribution in [2.75, 3.05) is 6.54 Å². The number of carbonyl (C=O) groups excluding carboxylic acids is 1. The number of aryl methyl sites for hydroxylation is 1. The van der Waals surface area contributed by atoms with E-state index in [1.165, 1.54) is 4.31 Å². The summed E-state index contributed by atoms with van der Waals surface area (Å²) in [6, 6.07) is 32.6. The van der Waals surface area contributed by atoms with E-state index in [9.17, 15) is 13.2 Å². The minimum absolute atomic E-state index is 0.0943. The van der Waals surface area contributed by atoms with Gasteiger partial charge in [0.2, 0.25) is 15.6 Å². The third-order valence-corrected chi connectivity index (χ3v) is 8.75. The van der Waals surface area contributed by atoms with Gasteiger partial charge >= 0.3 is 5.97 Å². The largest absolute Gasteiger partial charge is 0.436 e. The van der Waals surface area contributed by atoms with Crippen molar-refractivity contribution in [2.24, 2.45) is 0 Å². The number of ether oxygens (including phenoxy) is 1. The molecule has 0 radical (unpaired) electrons. The quantitative estimate of drug-likeness (QED) is 0.158. The van der Waals surface area contributed by atoms with Crippen molar-refractivity contribution in [3.63, 3.8) is 0 Å². The Morgan fingerprint density at radius 1 is 0.881 bits per heavy atom. The van der Waals surface area contributed by atoms with Crippen molar-refractivity contribution < 1.29 is 17.9 Å². The van der Waals surface area contributed by atoms with Crippen LogP contribution in [0.3, 0.4) is 0 Å². The Labute approximate surface area is 249 Å². The zero-order chi connectivity index (χ0) is 30.0. The molecular formula is C36H33NO4S. The fourth-order valence-electron chi connectivity index (χ4n) is 4.77.